The van der Waals surface area contributed by atoms with Crippen molar-refractivity contribution in [3.05, 3.63) is 36.0 Å². The van der Waals surface area contributed by atoms with E-state index in [4.69, 9.17) is 0 Å². The van der Waals surface area contributed by atoms with Gasteiger partial charge < -0.3 is 4.57 Å². The summed E-state index contributed by atoms with van der Waals surface area (Å²) in [5, 5.41) is 1.17. The zero-order valence-corrected chi connectivity index (χ0v) is 12.4. The van der Waals surface area contributed by atoms with Crippen molar-refractivity contribution in [2.24, 2.45) is 13.0 Å². The van der Waals surface area contributed by atoms with Gasteiger partial charge >= 0.3 is 0 Å². The van der Waals surface area contributed by atoms with Gasteiger partial charge in [-0.15, -0.1) is 0 Å². The van der Waals surface area contributed by atoms with E-state index in [1.165, 1.54) is 11.8 Å². The number of para-hydroxylation sites is 1. The molecule has 3 nitrogen and oxygen atoms in total. The van der Waals surface area contributed by atoms with Crippen LogP contribution in [0.25, 0.3) is 10.9 Å². The summed E-state index contributed by atoms with van der Waals surface area (Å²) in [4.78, 5) is 24.1. The van der Waals surface area contributed by atoms with Crippen LogP contribution in [-0.2, 0) is 16.6 Å². The highest BCUT2D eigenvalue weighted by Gasteiger charge is 2.41. The molecule has 1 fully saturated rings. The van der Waals surface area contributed by atoms with E-state index in [1.54, 1.807) is 6.26 Å². The maximum atomic E-state index is 12.1. The van der Waals surface area contributed by atoms with Crippen molar-refractivity contribution in [2.45, 2.75) is 18.8 Å². The molecule has 4 heteroatoms. The third kappa shape index (κ3) is 1.99. The van der Waals surface area contributed by atoms with E-state index in [-0.39, 0.29) is 16.8 Å². The van der Waals surface area contributed by atoms with Crippen LogP contribution in [0.4, 0.5) is 0 Å². The second-order valence-electron chi connectivity index (χ2n) is 5.32. The summed E-state index contributed by atoms with van der Waals surface area (Å²) >= 11 is 1.17. The number of Topliss-reactive ketones (excluding diaryl/α,β-unsaturated/α-hetero) is 1. The number of fused-ring (bicyclic) bond motifs is 1. The number of aryl methyl sites for hydroxylation is 1. The first kappa shape index (κ1) is 13.4. The van der Waals surface area contributed by atoms with E-state index in [2.05, 4.69) is 22.9 Å². The Hall–Kier alpha value is -1.55. The summed E-state index contributed by atoms with van der Waals surface area (Å²) in [6.45, 7) is 0. The minimum atomic E-state index is -0.462. The molecular weight excluding hydrogens is 270 g/mol. The number of benzene rings is 1. The van der Waals surface area contributed by atoms with Gasteiger partial charge in [-0.05, 0) is 24.3 Å². The highest BCUT2D eigenvalue weighted by molar-refractivity contribution is 8.13. The molecule has 1 aromatic heterocycles. The SMILES string of the molecule is CSC(=O)[C@H]1C(=O)CC[C@@H]1c1cn(C)c2ccccc12. The van der Waals surface area contributed by atoms with Crippen LogP contribution in [0.2, 0.25) is 0 Å². The number of nitrogens with zero attached hydrogens (tertiary/aromatic N) is 1. The van der Waals surface area contributed by atoms with Gasteiger partial charge in [0.15, 0.2) is 5.12 Å². The van der Waals surface area contributed by atoms with Gasteiger partial charge in [0, 0.05) is 36.5 Å². The Kier molecular flexibility index (Phi) is 3.42. The Morgan fingerprint density at radius 2 is 2.10 bits per heavy atom. The average molecular weight is 287 g/mol. The van der Waals surface area contributed by atoms with Crippen LogP contribution in [0, 0.1) is 5.92 Å². The molecule has 0 bridgehead atoms. The van der Waals surface area contributed by atoms with E-state index in [0.29, 0.717) is 6.42 Å². The van der Waals surface area contributed by atoms with Crippen LogP contribution in [0.1, 0.15) is 24.3 Å². The standard InChI is InChI=1S/C16H17NO2S/c1-17-9-12(10-5-3-4-6-13(10)17)11-7-8-14(18)15(11)16(19)20-2/h3-6,9,11,15H,7-8H2,1-2H3/t11-,15-/m1/s1. The Morgan fingerprint density at radius 1 is 1.35 bits per heavy atom. The molecule has 0 amide bonds. The molecule has 0 aliphatic heterocycles. The molecule has 2 atom stereocenters. The fraction of sp³-hybridized carbons (Fsp3) is 0.375. The summed E-state index contributed by atoms with van der Waals surface area (Å²) in [5.41, 5.74) is 2.29. The van der Waals surface area contributed by atoms with Crippen molar-refractivity contribution < 1.29 is 9.59 Å². The van der Waals surface area contributed by atoms with Crippen molar-refractivity contribution in [1.82, 2.24) is 4.57 Å². The quantitative estimate of drug-likeness (QED) is 0.797. The van der Waals surface area contributed by atoms with Gasteiger partial charge in [0.25, 0.3) is 0 Å². The van der Waals surface area contributed by atoms with Crippen molar-refractivity contribution in [2.75, 3.05) is 6.26 Å². The summed E-state index contributed by atoms with van der Waals surface area (Å²) in [7, 11) is 2.01. The number of hydrogen-bond acceptors (Lipinski definition) is 3. The Morgan fingerprint density at radius 3 is 2.85 bits per heavy atom. The number of hydrogen-bond donors (Lipinski definition) is 0. The van der Waals surface area contributed by atoms with Crippen LogP contribution in [0.5, 0.6) is 0 Å². The van der Waals surface area contributed by atoms with Crippen LogP contribution in [0.15, 0.2) is 30.5 Å². The van der Waals surface area contributed by atoms with Gasteiger partial charge in [-0.2, -0.15) is 0 Å². The molecule has 2 aromatic rings. The van der Waals surface area contributed by atoms with Gasteiger partial charge in [-0.25, -0.2) is 0 Å². The fourth-order valence-corrected chi connectivity index (χ4v) is 3.82. The number of carbonyl (C=O) groups is 2. The fourth-order valence-electron chi connectivity index (χ4n) is 3.27. The molecule has 20 heavy (non-hydrogen) atoms. The second kappa shape index (κ2) is 5.09. The molecule has 3 rings (SSSR count). The lowest BCUT2D eigenvalue weighted by atomic mass is 9.89. The number of carbonyl (C=O) groups excluding carboxylic acids is 2. The molecule has 0 unspecified atom stereocenters. The highest BCUT2D eigenvalue weighted by atomic mass is 32.2. The number of ketones is 1. The predicted octanol–water partition coefficient (Wildman–Crippen LogP) is 3.13. The Bertz CT molecular complexity index is 689. The van der Waals surface area contributed by atoms with Crippen LogP contribution >= 0.6 is 11.8 Å². The Labute approximate surface area is 122 Å². The van der Waals surface area contributed by atoms with E-state index < -0.39 is 5.92 Å². The van der Waals surface area contributed by atoms with Crippen molar-refractivity contribution in [3.63, 3.8) is 0 Å². The van der Waals surface area contributed by atoms with E-state index in [1.807, 2.05) is 19.2 Å². The third-order valence-corrected chi connectivity index (χ3v) is 4.89. The molecule has 0 N–H and O–H groups in total. The predicted molar refractivity (Wildman–Crippen MR) is 81.9 cm³/mol. The van der Waals surface area contributed by atoms with E-state index >= 15 is 0 Å². The summed E-state index contributed by atoms with van der Waals surface area (Å²) in [6, 6.07) is 8.17. The van der Waals surface area contributed by atoms with Gasteiger partial charge in [0.2, 0.25) is 0 Å². The molecule has 0 radical (unpaired) electrons. The third-order valence-electron chi connectivity index (χ3n) is 4.23. The zero-order chi connectivity index (χ0) is 14.3. The largest absolute Gasteiger partial charge is 0.350 e. The average Bonchev–Trinajstić information content (AvgIpc) is 3.00. The molecule has 104 valence electrons. The maximum Gasteiger partial charge on any atom is 0.199 e. The topological polar surface area (TPSA) is 39.1 Å². The van der Waals surface area contributed by atoms with Crippen molar-refractivity contribution in [1.29, 1.82) is 0 Å². The summed E-state index contributed by atoms with van der Waals surface area (Å²) in [6.07, 6.45) is 5.14. The molecule has 1 heterocycles. The summed E-state index contributed by atoms with van der Waals surface area (Å²) in [5.74, 6) is -0.327. The molecule has 0 spiro atoms. The van der Waals surface area contributed by atoms with E-state index in [0.717, 1.165) is 22.9 Å². The first-order valence-corrected chi connectivity index (χ1v) is 8.00. The number of rotatable bonds is 2. The van der Waals surface area contributed by atoms with Gasteiger partial charge in [0.05, 0.1) is 5.92 Å². The number of thioether (sulfide) groups is 1. The van der Waals surface area contributed by atoms with Gasteiger partial charge in [0.1, 0.15) is 5.78 Å². The lowest BCUT2D eigenvalue weighted by Crippen LogP contribution is -2.21. The first-order valence-electron chi connectivity index (χ1n) is 6.78. The van der Waals surface area contributed by atoms with Crippen LogP contribution in [0.3, 0.4) is 0 Å². The lowest BCUT2D eigenvalue weighted by Gasteiger charge is -2.15. The van der Waals surface area contributed by atoms with Crippen LogP contribution in [-0.4, -0.2) is 21.7 Å². The van der Waals surface area contributed by atoms with Gasteiger partial charge in [-0.1, -0.05) is 30.0 Å². The highest BCUT2D eigenvalue weighted by Crippen LogP contribution is 2.42. The molecular formula is C16H17NO2S. The maximum absolute atomic E-state index is 12.1. The normalized spacial score (nSPS) is 22.6. The minimum Gasteiger partial charge on any atom is -0.350 e. The smallest absolute Gasteiger partial charge is 0.199 e. The molecule has 0 saturated heterocycles. The Balaban J connectivity index is 2.10. The molecule has 1 aliphatic carbocycles. The van der Waals surface area contributed by atoms with Crippen molar-refractivity contribution >= 4 is 33.6 Å². The monoisotopic (exact) mass is 287 g/mol. The van der Waals surface area contributed by atoms with Gasteiger partial charge in [-0.3, -0.25) is 9.59 Å². The molecule has 1 saturated carbocycles. The first-order chi connectivity index (χ1) is 9.63. The summed E-state index contributed by atoms with van der Waals surface area (Å²) < 4.78 is 2.08. The van der Waals surface area contributed by atoms with Crippen LogP contribution < -0.4 is 0 Å². The minimum absolute atomic E-state index is 0.00503. The molecule has 1 aromatic carbocycles. The van der Waals surface area contributed by atoms with Crippen molar-refractivity contribution in [3.8, 4) is 0 Å². The number of aromatic nitrogens is 1. The molecule has 1 aliphatic rings. The van der Waals surface area contributed by atoms with E-state index in [9.17, 15) is 9.59 Å². The second-order valence-corrected chi connectivity index (χ2v) is 6.14. The lowest BCUT2D eigenvalue weighted by molar-refractivity contribution is -0.126. The zero-order valence-electron chi connectivity index (χ0n) is 11.6.